The molecule has 0 aromatic heterocycles. The van der Waals surface area contributed by atoms with Crippen molar-refractivity contribution in [1.82, 2.24) is 5.48 Å². The predicted molar refractivity (Wildman–Crippen MR) is 45.3 cm³/mol. The van der Waals surface area contributed by atoms with Crippen LogP contribution >= 0.6 is 0 Å². The van der Waals surface area contributed by atoms with Gasteiger partial charge in [-0.05, 0) is 5.92 Å². The molecule has 1 atom stereocenters. The molecule has 0 saturated carbocycles. The topological polar surface area (TPSA) is 30.5 Å². The average Bonchev–Trinajstić information content (AvgIpc) is 2.04. The first-order valence-corrected chi connectivity index (χ1v) is 4.14. The van der Waals surface area contributed by atoms with Crippen LogP contribution in [0.4, 0.5) is 0 Å². The minimum absolute atomic E-state index is 0.618. The van der Waals surface area contributed by atoms with Crippen molar-refractivity contribution in [1.29, 1.82) is 0 Å². The Morgan fingerprint density at radius 3 is 2.64 bits per heavy atom. The molecule has 0 rings (SSSR count). The Labute approximate surface area is 69.0 Å². The van der Waals surface area contributed by atoms with E-state index in [0.29, 0.717) is 19.1 Å². The number of methoxy groups -OCH3 is 1. The fourth-order valence-electron chi connectivity index (χ4n) is 0.543. The highest BCUT2D eigenvalue weighted by molar-refractivity contribution is 4.47. The van der Waals surface area contributed by atoms with Gasteiger partial charge in [0.1, 0.15) is 0 Å². The molecule has 0 saturated heterocycles. The normalized spacial score (nSPS) is 13.4. The number of nitrogens with one attached hydrogen (secondary N) is 1. The Hall–Kier alpha value is -0.120. The zero-order chi connectivity index (χ0) is 8.53. The number of hydrogen-bond acceptors (Lipinski definition) is 3. The summed E-state index contributed by atoms with van der Waals surface area (Å²) in [6.45, 7) is 6.54. The molecule has 0 heterocycles. The number of rotatable bonds is 7. The minimum Gasteiger partial charge on any atom is -0.382 e. The quantitative estimate of drug-likeness (QED) is 0.449. The second kappa shape index (κ2) is 7.98. The van der Waals surface area contributed by atoms with Crippen LogP contribution in [0.15, 0.2) is 0 Å². The summed E-state index contributed by atoms with van der Waals surface area (Å²) in [7, 11) is 1.66. The summed E-state index contributed by atoms with van der Waals surface area (Å²) in [5, 5.41) is 0. The molecule has 11 heavy (non-hydrogen) atoms. The molecule has 68 valence electrons. The zero-order valence-corrected chi connectivity index (χ0v) is 7.72. The van der Waals surface area contributed by atoms with Crippen molar-refractivity contribution in [2.75, 3.05) is 26.9 Å². The van der Waals surface area contributed by atoms with Crippen LogP contribution in [0, 0.1) is 5.92 Å². The van der Waals surface area contributed by atoms with Crippen LogP contribution in [0.25, 0.3) is 0 Å². The fraction of sp³-hybridized carbons (Fsp3) is 1.00. The van der Waals surface area contributed by atoms with E-state index >= 15 is 0 Å². The van der Waals surface area contributed by atoms with Crippen LogP contribution in [0.2, 0.25) is 0 Å². The van der Waals surface area contributed by atoms with E-state index in [1.54, 1.807) is 7.11 Å². The molecular weight excluding hydrogens is 142 g/mol. The lowest BCUT2D eigenvalue weighted by molar-refractivity contribution is 0.00158. The molecule has 0 radical (unpaired) electrons. The van der Waals surface area contributed by atoms with Gasteiger partial charge in [0.2, 0.25) is 0 Å². The maximum Gasteiger partial charge on any atom is 0.0915 e. The summed E-state index contributed by atoms with van der Waals surface area (Å²) in [4.78, 5) is 5.07. The maximum atomic E-state index is 5.07. The third-order valence-electron chi connectivity index (χ3n) is 1.62. The first kappa shape index (κ1) is 10.9. The lowest BCUT2D eigenvalue weighted by Crippen LogP contribution is -2.22. The van der Waals surface area contributed by atoms with E-state index in [0.717, 1.165) is 6.54 Å². The average molecular weight is 161 g/mol. The van der Waals surface area contributed by atoms with Crippen molar-refractivity contribution in [3.05, 3.63) is 0 Å². The summed E-state index contributed by atoms with van der Waals surface area (Å²) in [5.74, 6) is 0.678. The molecular formula is C8H19NO2. The van der Waals surface area contributed by atoms with Gasteiger partial charge in [-0.1, -0.05) is 20.3 Å². The third-order valence-corrected chi connectivity index (χ3v) is 1.62. The van der Waals surface area contributed by atoms with Crippen LogP contribution in [-0.4, -0.2) is 26.9 Å². The van der Waals surface area contributed by atoms with Crippen molar-refractivity contribution in [3.8, 4) is 0 Å². The van der Waals surface area contributed by atoms with Crippen LogP contribution in [0.3, 0.4) is 0 Å². The molecule has 3 nitrogen and oxygen atoms in total. The summed E-state index contributed by atoms with van der Waals surface area (Å²) >= 11 is 0. The second-order valence-corrected chi connectivity index (χ2v) is 2.70. The van der Waals surface area contributed by atoms with Crippen molar-refractivity contribution < 1.29 is 9.57 Å². The molecule has 0 aliphatic rings. The van der Waals surface area contributed by atoms with Gasteiger partial charge in [-0.15, -0.1) is 0 Å². The molecule has 0 aliphatic heterocycles. The van der Waals surface area contributed by atoms with Gasteiger partial charge in [0.15, 0.2) is 0 Å². The number of hydroxylamine groups is 1. The highest BCUT2D eigenvalue weighted by Crippen LogP contribution is 1.96. The van der Waals surface area contributed by atoms with Gasteiger partial charge < -0.3 is 4.74 Å². The molecule has 3 heteroatoms. The summed E-state index contributed by atoms with van der Waals surface area (Å²) < 4.78 is 4.81. The van der Waals surface area contributed by atoms with E-state index < -0.39 is 0 Å². The minimum atomic E-state index is 0.618. The SMILES string of the molecule is CCC(C)CNOCCOC. The van der Waals surface area contributed by atoms with E-state index in [1.165, 1.54) is 6.42 Å². The summed E-state index contributed by atoms with van der Waals surface area (Å²) in [5.41, 5.74) is 2.89. The van der Waals surface area contributed by atoms with Gasteiger partial charge in [0, 0.05) is 13.7 Å². The third kappa shape index (κ3) is 7.78. The van der Waals surface area contributed by atoms with E-state index in [-0.39, 0.29) is 0 Å². The zero-order valence-electron chi connectivity index (χ0n) is 7.72. The smallest absolute Gasteiger partial charge is 0.0915 e. The standard InChI is InChI=1S/C8H19NO2/c1-4-8(2)7-9-11-6-5-10-3/h8-9H,4-7H2,1-3H3. The summed E-state index contributed by atoms with van der Waals surface area (Å²) in [6.07, 6.45) is 1.18. The Morgan fingerprint density at radius 1 is 1.36 bits per heavy atom. The van der Waals surface area contributed by atoms with Gasteiger partial charge in [0.25, 0.3) is 0 Å². The highest BCUT2D eigenvalue weighted by Gasteiger charge is 1.96. The van der Waals surface area contributed by atoms with Gasteiger partial charge in [0.05, 0.1) is 13.2 Å². The number of ether oxygens (including phenoxy) is 1. The van der Waals surface area contributed by atoms with E-state index in [1.807, 2.05) is 0 Å². The van der Waals surface area contributed by atoms with Crippen LogP contribution in [0.1, 0.15) is 20.3 Å². The molecule has 1 unspecified atom stereocenters. The second-order valence-electron chi connectivity index (χ2n) is 2.70. The van der Waals surface area contributed by atoms with Crippen molar-refractivity contribution in [2.24, 2.45) is 5.92 Å². The van der Waals surface area contributed by atoms with Crippen molar-refractivity contribution in [3.63, 3.8) is 0 Å². The maximum absolute atomic E-state index is 5.07. The Kier molecular flexibility index (Phi) is 7.89. The first-order chi connectivity index (χ1) is 5.31. The van der Waals surface area contributed by atoms with Crippen molar-refractivity contribution >= 4 is 0 Å². The summed E-state index contributed by atoms with van der Waals surface area (Å²) in [6, 6.07) is 0. The molecule has 0 spiro atoms. The van der Waals surface area contributed by atoms with E-state index in [4.69, 9.17) is 9.57 Å². The fourth-order valence-corrected chi connectivity index (χ4v) is 0.543. The van der Waals surface area contributed by atoms with E-state index in [9.17, 15) is 0 Å². The van der Waals surface area contributed by atoms with Crippen LogP contribution < -0.4 is 5.48 Å². The van der Waals surface area contributed by atoms with Gasteiger partial charge in [-0.2, -0.15) is 0 Å². The molecule has 0 amide bonds. The lowest BCUT2D eigenvalue weighted by atomic mass is 10.1. The predicted octanol–water partition coefficient (Wildman–Crippen LogP) is 1.20. The molecule has 0 fully saturated rings. The lowest BCUT2D eigenvalue weighted by Gasteiger charge is -2.09. The Bertz CT molecular complexity index is 78.5. The highest BCUT2D eigenvalue weighted by atomic mass is 16.7. The van der Waals surface area contributed by atoms with Crippen LogP contribution in [-0.2, 0) is 9.57 Å². The van der Waals surface area contributed by atoms with E-state index in [2.05, 4.69) is 19.3 Å². The Balaban J connectivity index is 2.89. The molecule has 0 aromatic carbocycles. The molecule has 1 N–H and O–H groups in total. The number of hydrogen-bond donors (Lipinski definition) is 1. The Morgan fingerprint density at radius 2 is 2.09 bits per heavy atom. The van der Waals surface area contributed by atoms with Crippen LogP contribution in [0.5, 0.6) is 0 Å². The molecule has 0 aliphatic carbocycles. The molecule has 0 aromatic rings. The van der Waals surface area contributed by atoms with Crippen molar-refractivity contribution in [2.45, 2.75) is 20.3 Å². The van der Waals surface area contributed by atoms with Gasteiger partial charge in [-0.25, -0.2) is 5.48 Å². The van der Waals surface area contributed by atoms with Gasteiger partial charge in [-0.3, -0.25) is 4.84 Å². The van der Waals surface area contributed by atoms with Gasteiger partial charge >= 0.3 is 0 Å². The molecule has 0 bridgehead atoms. The first-order valence-electron chi connectivity index (χ1n) is 4.14. The monoisotopic (exact) mass is 161 g/mol. The largest absolute Gasteiger partial charge is 0.382 e.